The molecule has 0 radical (unpaired) electrons. The molecule has 0 fully saturated rings. The van der Waals surface area contributed by atoms with Gasteiger partial charge in [0.2, 0.25) is 0 Å². The number of fused-ring (bicyclic) bond motifs is 2. The predicted octanol–water partition coefficient (Wildman–Crippen LogP) is 2.28. The Kier molecular flexibility index (Phi) is 2.85. The van der Waals surface area contributed by atoms with E-state index in [9.17, 15) is 0 Å². The lowest BCUT2D eigenvalue weighted by Crippen LogP contribution is -2.13. The zero-order valence-corrected chi connectivity index (χ0v) is 11.4. The third-order valence-electron chi connectivity index (χ3n) is 3.66. The lowest BCUT2D eigenvalue weighted by molar-refractivity contribution is 0.836. The van der Waals surface area contributed by atoms with Crippen LogP contribution in [0.5, 0.6) is 0 Å². The molecule has 1 aliphatic rings. The minimum atomic E-state index is 0.679. The van der Waals surface area contributed by atoms with Gasteiger partial charge in [0, 0.05) is 5.56 Å². The fourth-order valence-electron chi connectivity index (χ4n) is 2.63. The van der Waals surface area contributed by atoms with Crippen LogP contribution in [0.25, 0.3) is 5.65 Å². The third kappa shape index (κ3) is 2.24. The highest BCUT2D eigenvalue weighted by atomic mass is 15.4. The molecular formula is C15H14N6. The van der Waals surface area contributed by atoms with Gasteiger partial charge >= 0.3 is 0 Å². The number of hydrogen-bond acceptors (Lipinski definition) is 5. The van der Waals surface area contributed by atoms with E-state index in [-0.39, 0.29) is 0 Å². The van der Waals surface area contributed by atoms with Crippen LogP contribution in [0.3, 0.4) is 0 Å². The summed E-state index contributed by atoms with van der Waals surface area (Å²) in [5, 5.41) is 16.6. The van der Waals surface area contributed by atoms with E-state index < -0.39 is 0 Å². The summed E-state index contributed by atoms with van der Waals surface area (Å²) in [4.78, 5) is 0. The van der Waals surface area contributed by atoms with E-state index in [2.05, 4.69) is 50.1 Å². The van der Waals surface area contributed by atoms with Crippen molar-refractivity contribution in [2.24, 2.45) is 5.10 Å². The monoisotopic (exact) mass is 278 g/mol. The average Bonchev–Trinajstić information content (AvgIpc) is 3.00. The summed E-state index contributed by atoms with van der Waals surface area (Å²) in [5.74, 6) is 0.679. The molecular weight excluding hydrogens is 264 g/mol. The molecule has 0 saturated heterocycles. The number of nitrogens with zero attached hydrogens (tertiary/aromatic N) is 5. The topological polar surface area (TPSA) is 67.5 Å². The first kappa shape index (κ1) is 12.0. The Morgan fingerprint density at radius 1 is 1.10 bits per heavy atom. The van der Waals surface area contributed by atoms with E-state index >= 15 is 0 Å². The van der Waals surface area contributed by atoms with Gasteiger partial charge < -0.3 is 0 Å². The second-order valence-electron chi connectivity index (χ2n) is 5.03. The molecule has 1 N–H and O–H groups in total. The third-order valence-corrected chi connectivity index (χ3v) is 3.66. The molecule has 4 rings (SSSR count). The molecule has 0 atom stereocenters. The standard InChI is InChI=1S/C15H14N6/c1-2-6-12-11(4-1)5-3-7-13(12)17-18-14-8-9-15-19-16-10-21(15)20-14/h1-2,4,6,8-10H,3,5,7H2,(H,18,20)/b17-13-. The second kappa shape index (κ2) is 4.97. The van der Waals surface area contributed by atoms with Crippen LogP contribution in [0.1, 0.15) is 24.0 Å². The van der Waals surface area contributed by atoms with Crippen LogP contribution in [0, 0.1) is 0 Å². The predicted molar refractivity (Wildman–Crippen MR) is 80.3 cm³/mol. The Hall–Kier alpha value is -2.76. The van der Waals surface area contributed by atoms with Gasteiger partial charge in [0.15, 0.2) is 11.5 Å². The zero-order valence-electron chi connectivity index (χ0n) is 11.4. The van der Waals surface area contributed by atoms with Gasteiger partial charge in [0.05, 0.1) is 5.71 Å². The molecule has 0 amide bonds. The van der Waals surface area contributed by atoms with Crippen molar-refractivity contribution in [2.45, 2.75) is 19.3 Å². The van der Waals surface area contributed by atoms with Crippen molar-refractivity contribution < 1.29 is 0 Å². The van der Waals surface area contributed by atoms with Gasteiger partial charge in [0.1, 0.15) is 6.33 Å². The Labute approximate surface area is 121 Å². The summed E-state index contributed by atoms with van der Waals surface area (Å²) in [7, 11) is 0. The van der Waals surface area contributed by atoms with Crippen molar-refractivity contribution in [3.05, 3.63) is 53.9 Å². The Morgan fingerprint density at radius 2 is 2.05 bits per heavy atom. The summed E-state index contributed by atoms with van der Waals surface area (Å²) >= 11 is 0. The minimum Gasteiger partial charge on any atom is -0.260 e. The van der Waals surface area contributed by atoms with Gasteiger partial charge in [-0.15, -0.1) is 15.3 Å². The summed E-state index contributed by atoms with van der Waals surface area (Å²) in [5.41, 5.74) is 7.45. The minimum absolute atomic E-state index is 0.679. The number of benzene rings is 1. The molecule has 6 heteroatoms. The van der Waals surface area contributed by atoms with Crippen molar-refractivity contribution >= 4 is 17.2 Å². The van der Waals surface area contributed by atoms with Gasteiger partial charge in [-0.05, 0) is 37.0 Å². The quantitative estimate of drug-likeness (QED) is 0.730. The van der Waals surface area contributed by atoms with Crippen LogP contribution in [0.15, 0.2) is 47.8 Å². The van der Waals surface area contributed by atoms with Crippen LogP contribution >= 0.6 is 0 Å². The van der Waals surface area contributed by atoms with Crippen molar-refractivity contribution in [2.75, 3.05) is 5.43 Å². The van der Waals surface area contributed by atoms with Gasteiger partial charge in [-0.25, -0.2) is 0 Å². The first-order valence-corrected chi connectivity index (χ1v) is 6.98. The molecule has 6 nitrogen and oxygen atoms in total. The highest BCUT2D eigenvalue weighted by Crippen LogP contribution is 2.21. The van der Waals surface area contributed by atoms with E-state index in [1.54, 1.807) is 10.8 Å². The second-order valence-corrected chi connectivity index (χ2v) is 5.03. The average molecular weight is 278 g/mol. The smallest absolute Gasteiger partial charge is 0.177 e. The molecule has 0 aliphatic heterocycles. The van der Waals surface area contributed by atoms with E-state index in [1.165, 1.54) is 11.1 Å². The number of hydrazone groups is 1. The lowest BCUT2D eigenvalue weighted by atomic mass is 9.90. The highest BCUT2D eigenvalue weighted by Gasteiger charge is 2.14. The van der Waals surface area contributed by atoms with Gasteiger partial charge in [0.25, 0.3) is 0 Å². The number of rotatable bonds is 2. The van der Waals surface area contributed by atoms with Crippen LogP contribution in [-0.4, -0.2) is 25.5 Å². The van der Waals surface area contributed by atoms with Crippen molar-refractivity contribution in [1.82, 2.24) is 19.8 Å². The van der Waals surface area contributed by atoms with Crippen molar-refractivity contribution in [3.63, 3.8) is 0 Å². The first-order valence-electron chi connectivity index (χ1n) is 6.98. The number of nitrogens with one attached hydrogen (secondary N) is 1. The molecule has 0 saturated carbocycles. The summed E-state index contributed by atoms with van der Waals surface area (Å²) in [6.45, 7) is 0. The SMILES string of the molecule is c1ccc2c(c1)CCC/C2=N/Nc1ccc2nncn2n1. The van der Waals surface area contributed by atoms with Crippen LogP contribution < -0.4 is 5.43 Å². The normalized spacial score (nSPS) is 16.1. The summed E-state index contributed by atoms with van der Waals surface area (Å²) < 4.78 is 1.62. The van der Waals surface area contributed by atoms with Crippen molar-refractivity contribution in [1.29, 1.82) is 0 Å². The van der Waals surface area contributed by atoms with Crippen LogP contribution in [-0.2, 0) is 6.42 Å². The van der Waals surface area contributed by atoms with Gasteiger partial charge in [-0.2, -0.15) is 9.62 Å². The molecule has 2 aromatic heterocycles. The lowest BCUT2D eigenvalue weighted by Gasteiger charge is -2.17. The Balaban J connectivity index is 1.63. The highest BCUT2D eigenvalue weighted by molar-refractivity contribution is 6.03. The van der Waals surface area contributed by atoms with Gasteiger partial charge in [-0.3, -0.25) is 5.43 Å². The number of anilines is 1. The van der Waals surface area contributed by atoms with Crippen LogP contribution in [0.2, 0.25) is 0 Å². The molecule has 2 heterocycles. The number of aryl methyl sites for hydroxylation is 1. The molecule has 0 spiro atoms. The maximum absolute atomic E-state index is 4.54. The summed E-state index contributed by atoms with van der Waals surface area (Å²) in [6, 6.07) is 12.1. The number of aromatic nitrogens is 4. The maximum Gasteiger partial charge on any atom is 0.177 e. The van der Waals surface area contributed by atoms with Gasteiger partial charge in [-0.1, -0.05) is 24.3 Å². The molecule has 0 bridgehead atoms. The molecule has 0 unspecified atom stereocenters. The number of hydrogen-bond donors (Lipinski definition) is 1. The van der Waals surface area contributed by atoms with Crippen LogP contribution in [0.4, 0.5) is 5.82 Å². The van der Waals surface area contributed by atoms with E-state index in [4.69, 9.17) is 0 Å². The molecule has 1 aliphatic carbocycles. The Morgan fingerprint density at radius 3 is 3.05 bits per heavy atom. The maximum atomic E-state index is 4.54. The van der Waals surface area contributed by atoms with E-state index in [0.29, 0.717) is 5.82 Å². The Bertz CT molecular complexity index is 820. The fourth-order valence-corrected chi connectivity index (χ4v) is 2.63. The largest absolute Gasteiger partial charge is 0.260 e. The molecule has 21 heavy (non-hydrogen) atoms. The molecule has 104 valence electrons. The summed E-state index contributed by atoms with van der Waals surface area (Å²) in [6.07, 6.45) is 4.82. The molecule has 1 aromatic carbocycles. The molecule has 3 aromatic rings. The fraction of sp³-hybridized carbons (Fsp3) is 0.200. The van der Waals surface area contributed by atoms with E-state index in [1.807, 2.05) is 12.1 Å². The van der Waals surface area contributed by atoms with Crippen molar-refractivity contribution in [3.8, 4) is 0 Å². The zero-order chi connectivity index (χ0) is 14.1. The first-order chi connectivity index (χ1) is 10.4. The van der Waals surface area contributed by atoms with E-state index in [0.717, 1.165) is 30.6 Å².